The predicted molar refractivity (Wildman–Crippen MR) is 86.1 cm³/mol. The third-order valence-electron chi connectivity index (χ3n) is 3.06. The summed E-state index contributed by atoms with van der Waals surface area (Å²) < 4.78 is 33.0. The predicted octanol–water partition coefficient (Wildman–Crippen LogP) is 2.99. The number of carbonyl (C=O) groups is 1. The zero-order chi connectivity index (χ0) is 17.0. The van der Waals surface area contributed by atoms with Gasteiger partial charge in [0, 0.05) is 11.1 Å². The largest absolute Gasteiger partial charge is 0.507 e. The van der Waals surface area contributed by atoms with Crippen LogP contribution < -0.4 is 5.32 Å². The summed E-state index contributed by atoms with van der Waals surface area (Å²) in [4.78, 5) is 10.2. The number of carboxylic acid groups (broad SMARTS) is 1. The highest BCUT2D eigenvalue weighted by molar-refractivity contribution is 8.19. The van der Waals surface area contributed by atoms with E-state index >= 15 is 0 Å². The van der Waals surface area contributed by atoms with Crippen molar-refractivity contribution >= 4 is 33.3 Å². The van der Waals surface area contributed by atoms with E-state index in [2.05, 4.69) is 5.32 Å². The molecule has 126 valence electrons. The van der Waals surface area contributed by atoms with Gasteiger partial charge in [-0.3, -0.25) is 4.79 Å². The highest BCUT2D eigenvalue weighted by atomic mass is 32.3. The van der Waals surface area contributed by atoms with Crippen molar-refractivity contribution in [2.75, 3.05) is 18.7 Å². The van der Waals surface area contributed by atoms with Gasteiger partial charge in [-0.25, -0.2) is 0 Å². The van der Waals surface area contributed by atoms with E-state index in [1.807, 2.05) is 0 Å². The second-order valence-corrected chi connectivity index (χ2v) is 6.28. The number of ether oxygens (including phenoxy) is 1. The molecule has 8 nitrogen and oxygen atoms in total. The number of carboxylic acids is 1. The maximum absolute atomic E-state index is 10.3. The Morgan fingerprint density at radius 1 is 1.17 bits per heavy atom. The van der Waals surface area contributed by atoms with Gasteiger partial charge in [-0.1, -0.05) is 0 Å². The molecule has 9 heteroatoms. The average molecular weight is 343 g/mol. The molecule has 2 aromatic carbocycles. The molecule has 0 amide bonds. The molecular formula is C14H17NO7S. The number of benzene rings is 2. The fourth-order valence-corrected chi connectivity index (χ4v) is 2.51. The maximum atomic E-state index is 10.3. The van der Waals surface area contributed by atoms with Crippen LogP contribution in [0.3, 0.4) is 0 Å². The van der Waals surface area contributed by atoms with Crippen LogP contribution in [-0.2, 0) is 9.53 Å². The number of aliphatic carboxylic acids is 1. The van der Waals surface area contributed by atoms with E-state index in [4.69, 9.17) is 9.84 Å². The molecule has 2 aromatic rings. The van der Waals surface area contributed by atoms with Gasteiger partial charge in [0.15, 0.2) is 0 Å². The molecule has 0 aromatic heterocycles. The van der Waals surface area contributed by atoms with Gasteiger partial charge in [0.2, 0.25) is 0 Å². The summed E-state index contributed by atoms with van der Waals surface area (Å²) in [5, 5.41) is 22.2. The van der Waals surface area contributed by atoms with Gasteiger partial charge in [0.1, 0.15) is 23.4 Å². The minimum absolute atomic E-state index is 0.0757. The monoisotopic (exact) mass is 343 g/mol. The summed E-state index contributed by atoms with van der Waals surface area (Å²) >= 11 is 0. The second kappa shape index (κ2) is 7.02. The molecule has 0 atom stereocenters. The Labute approximate surface area is 133 Å². The van der Waals surface area contributed by atoms with Gasteiger partial charge < -0.3 is 33.9 Å². The zero-order valence-electron chi connectivity index (χ0n) is 12.0. The third-order valence-corrected chi connectivity index (χ3v) is 3.93. The molecule has 0 bridgehead atoms. The van der Waals surface area contributed by atoms with Crippen molar-refractivity contribution in [2.45, 2.75) is 11.3 Å². The Bertz CT molecular complexity index is 714. The van der Waals surface area contributed by atoms with Crippen molar-refractivity contribution in [1.82, 2.24) is 0 Å². The average Bonchev–Trinajstić information content (AvgIpc) is 2.45. The van der Waals surface area contributed by atoms with E-state index < -0.39 is 16.8 Å². The number of phenolic OH excluding ortho intramolecular Hbond substituents is 1. The van der Waals surface area contributed by atoms with Crippen molar-refractivity contribution in [1.29, 1.82) is 0 Å². The molecule has 0 unspecified atom stereocenters. The number of rotatable bonds is 7. The van der Waals surface area contributed by atoms with Crippen LogP contribution >= 0.6 is 10.9 Å². The van der Waals surface area contributed by atoms with E-state index in [1.54, 1.807) is 18.2 Å². The lowest BCUT2D eigenvalue weighted by Gasteiger charge is -2.20. The zero-order valence-corrected chi connectivity index (χ0v) is 12.8. The first-order valence-corrected chi connectivity index (χ1v) is 8.08. The van der Waals surface area contributed by atoms with Gasteiger partial charge in [-0.2, -0.15) is 0 Å². The van der Waals surface area contributed by atoms with Crippen molar-refractivity contribution in [3.05, 3.63) is 30.3 Å². The lowest BCUT2D eigenvalue weighted by atomic mass is 10.1. The van der Waals surface area contributed by atoms with Crippen molar-refractivity contribution < 1.29 is 33.4 Å². The van der Waals surface area contributed by atoms with Crippen LogP contribution in [0.15, 0.2) is 35.2 Å². The summed E-state index contributed by atoms with van der Waals surface area (Å²) in [7, 11) is -3.92. The first-order chi connectivity index (χ1) is 10.8. The standard InChI is InChI=1S/C14H17NO7S/c16-13-7-11(23(19,20)21)6-9-5-10(1-2-12(9)13)15-8-22-4-3-14(17)18/h1-2,5-7,15-16,19-21H,3-4,8H2,(H,17,18). The molecule has 2 rings (SSSR count). The minimum atomic E-state index is -3.92. The molecular weight excluding hydrogens is 326 g/mol. The Morgan fingerprint density at radius 3 is 2.57 bits per heavy atom. The maximum Gasteiger partial charge on any atom is 0.305 e. The van der Waals surface area contributed by atoms with Gasteiger partial charge in [0.05, 0.1) is 17.9 Å². The van der Waals surface area contributed by atoms with Crippen LogP contribution in [0.2, 0.25) is 0 Å². The van der Waals surface area contributed by atoms with E-state index in [1.165, 1.54) is 6.07 Å². The molecule has 6 N–H and O–H groups in total. The number of hydrogen-bond donors (Lipinski definition) is 6. The first-order valence-electron chi connectivity index (χ1n) is 6.58. The Morgan fingerprint density at radius 2 is 1.91 bits per heavy atom. The van der Waals surface area contributed by atoms with E-state index in [9.17, 15) is 23.6 Å². The van der Waals surface area contributed by atoms with E-state index in [0.29, 0.717) is 16.5 Å². The number of phenols is 1. The lowest BCUT2D eigenvalue weighted by molar-refractivity contribution is -0.138. The van der Waals surface area contributed by atoms with Crippen molar-refractivity contribution in [3.8, 4) is 5.75 Å². The molecule has 0 heterocycles. The number of nitrogens with one attached hydrogen (secondary N) is 1. The Hall–Kier alpha value is -2.04. The summed E-state index contributed by atoms with van der Waals surface area (Å²) in [6, 6.07) is 7.39. The molecule has 0 aliphatic carbocycles. The number of fused-ring (bicyclic) bond motifs is 1. The van der Waals surface area contributed by atoms with Gasteiger partial charge in [-0.05, 0) is 35.7 Å². The molecule has 0 spiro atoms. The van der Waals surface area contributed by atoms with Crippen LogP contribution in [0.25, 0.3) is 10.8 Å². The SMILES string of the molecule is O=C(O)CCOCNc1ccc2c(O)cc(S(O)(O)O)cc2c1. The van der Waals surface area contributed by atoms with Gasteiger partial charge >= 0.3 is 5.97 Å². The Kier molecular flexibility index (Phi) is 5.29. The summed E-state index contributed by atoms with van der Waals surface area (Å²) in [6.45, 7) is 0.173. The summed E-state index contributed by atoms with van der Waals surface area (Å²) in [6.07, 6.45) is -0.0923. The smallest absolute Gasteiger partial charge is 0.305 e. The second-order valence-electron chi connectivity index (χ2n) is 4.77. The van der Waals surface area contributed by atoms with Crippen LogP contribution in [0.5, 0.6) is 5.75 Å². The topological polar surface area (TPSA) is 139 Å². The van der Waals surface area contributed by atoms with E-state index in [-0.39, 0.29) is 30.4 Å². The minimum Gasteiger partial charge on any atom is -0.507 e. The quantitative estimate of drug-likeness (QED) is 0.333. The Balaban J connectivity index is 2.12. The highest BCUT2D eigenvalue weighted by Gasteiger charge is 2.18. The summed E-state index contributed by atoms with van der Waals surface area (Å²) in [5.74, 6) is -1.13. The molecule has 0 radical (unpaired) electrons. The molecule has 0 saturated heterocycles. The van der Waals surface area contributed by atoms with E-state index in [0.717, 1.165) is 6.07 Å². The van der Waals surface area contributed by atoms with Crippen LogP contribution in [0.4, 0.5) is 5.69 Å². The summed E-state index contributed by atoms with van der Waals surface area (Å²) in [5.41, 5.74) is 0.624. The number of aromatic hydroxyl groups is 1. The van der Waals surface area contributed by atoms with Crippen LogP contribution in [-0.4, -0.2) is 43.2 Å². The number of hydrogen-bond acceptors (Lipinski definition) is 7. The van der Waals surface area contributed by atoms with Gasteiger partial charge in [0.25, 0.3) is 0 Å². The third kappa shape index (κ3) is 4.71. The molecule has 0 aliphatic heterocycles. The van der Waals surface area contributed by atoms with Crippen LogP contribution in [0, 0.1) is 0 Å². The lowest BCUT2D eigenvalue weighted by Crippen LogP contribution is -2.09. The molecule has 23 heavy (non-hydrogen) atoms. The van der Waals surface area contributed by atoms with Gasteiger partial charge in [-0.15, -0.1) is 0 Å². The molecule has 0 fully saturated rings. The fraction of sp³-hybridized carbons (Fsp3) is 0.214. The molecule has 0 aliphatic rings. The number of anilines is 1. The molecule has 0 saturated carbocycles. The first kappa shape index (κ1) is 17.3. The van der Waals surface area contributed by atoms with Crippen molar-refractivity contribution in [2.24, 2.45) is 0 Å². The van der Waals surface area contributed by atoms with Crippen molar-refractivity contribution in [3.63, 3.8) is 0 Å². The fourth-order valence-electron chi connectivity index (χ4n) is 1.96. The normalized spacial score (nSPS) is 12.3. The van der Waals surface area contributed by atoms with Crippen LogP contribution in [0.1, 0.15) is 6.42 Å². The highest BCUT2D eigenvalue weighted by Crippen LogP contribution is 2.46.